The predicted octanol–water partition coefficient (Wildman–Crippen LogP) is 15.5. The van der Waals surface area contributed by atoms with Crippen LogP contribution in [0.15, 0.2) is 12.3 Å². The fourth-order valence-corrected chi connectivity index (χ4v) is 8.01. The molecule has 0 aromatic rings. The molecule has 57 heavy (non-hydrogen) atoms. The summed E-state index contributed by atoms with van der Waals surface area (Å²) < 4.78 is 17.3. The Morgan fingerprint density at radius 2 is 0.719 bits per heavy atom. The summed E-state index contributed by atoms with van der Waals surface area (Å²) >= 11 is 0. The lowest BCUT2D eigenvalue weighted by molar-refractivity contribution is -0.149. The highest BCUT2D eigenvalue weighted by atomic mass is 16.5. The van der Waals surface area contributed by atoms with Crippen LogP contribution >= 0.6 is 0 Å². The van der Waals surface area contributed by atoms with Crippen molar-refractivity contribution < 1.29 is 23.8 Å². The van der Waals surface area contributed by atoms with Crippen molar-refractivity contribution in [2.24, 2.45) is 11.8 Å². The lowest BCUT2D eigenvalue weighted by Crippen LogP contribution is -2.27. The van der Waals surface area contributed by atoms with Crippen molar-refractivity contribution in [3.8, 4) is 0 Å². The molecule has 2 atom stereocenters. The molecule has 0 aliphatic heterocycles. The lowest BCUT2D eigenvalue weighted by Gasteiger charge is -2.22. The van der Waals surface area contributed by atoms with E-state index in [0.29, 0.717) is 19.1 Å². The van der Waals surface area contributed by atoms with Crippen molar-refractivity contribution in [2.45, 2.75) is 253 Å². The zero-order valence-electron chi connectivity index (χ0n) is 39.1. The third kappa shape index (κ3) is 38.4. The molecule has 6 nitrogen and oxygen atoms in total. The van der Waals surface area contributed by atoms with Crippen LogP contribution in [-0.2, 0) is 23.8 Å². The van der Waals surface area contributed by atoms with E-state index in [1.165, 1.54) is 167 Å². The topological polar surface area (TPSA) is 65.1 Å². The van der Waals surface area contributed by atoms with Crippen molar-refractivity contribution in [1.82, 2.24) is 4.90 Å². The fraction of sp³-hybridized carbons (Fsp3) is 0.922. The van der Waals surface area contributed by atoms with Gasteiger partial charge in [0.25, 0.3) is 0 Å². The molecule has 0 radical (unpaired) electrons. The van der Waals surface area contributed by atoms with Gasteiger partial charge in [0, 0.05) is 12.8 Å². The van der Waals surface area contributed by atoms with Gasteiger partial charge in [0.1, 0.15) is 0 Å². The first-order valence-electron chi connectivity index (χ1n) is 25.2. The molecule has 0 aliphatic carbocycles. The molecule has 0 aromatic carbocycles. The van der Waals surface area contributed by atoms with Crippen LogP contribution in [0.1, 0.15) is 253 Å². The Bertz CT molecular complexity index is 820. The molecule has 0 saturated heterocycles. The molecule has 0 aliphatic rings. The predicted molar refractivity (Wildman–Crippen MR) is 246 cm³/mol. The van der Waals surface area contributed by atoms with Crippen molar-refractivity contribution >= 4 is 11.9 Å². The summed E-state index contributed by atoms with van der Waals surface area (Å²) in [7, 11) is 0. The molecule has 0 saturated carbocycles. The monoisotopic (exact) mass is 806 g/mol. The molecule has 0 heterocycles. The van der Waals surface area contributed by atoms with Gasteiger partial charge in [-0.3, -0.25) is 9.59 Å². The molecule has 0 fully saturated rings. The standard InChI is InChI=1S/C51H99NO5/c1-7-11-15-19-21-29-38-49(37-27-17-13-9-3)47(5)55-44-34-25-23-31-41-52(43-33-36-45-56-48(6)53)42-32-24-26-35-46-57-51(54)50(39-28-18-14-10-4)40-30-22-20-16-12-8-2/h49-50H,5,7-46H2,1-4,6H3. The summed E-state index contributed by atoms with van der Waals surface area (Å²) in [5, 5.41) is 0. The van der Waals surface area contributed by atoms with Crippen molar-refractivity contribution in [3.05, 3.63) is 12.3 Å². The average molecular weight is 806 g/mol. The van der Waals surface area contributed by atoms with Gasteiger partial charge in [0.15, 0.2) is 0 Å². The van der Waals surface area contributed by atoms with E-state index < -0.39 is 0 Å². The highest BCUT2D eigenvalue weighted by Crippen LogP contribution is 2.26. The molecule has 0 bridgehead atoms. The van der Waals surface area contributed by atoms with E-state index in [1.54, 1.807) is 0 Å². The van der Waals surface area contributed by atoms with Gasteiger partial charge in [0.05, 0.1) is 31.5 Å². The van der Waals surface area contributed by atoms with Gasteiger partial charge in [0.2, 0.25) is 0 Å². The van der Waals surface area contributed by atoms with Gasteiger partial charge in [-0.05, 0) is 83.8 Å². The molecule has 338 valence electrons. The summed E-state index contributed by atoms with van der Waals surface area (Å²) in [4.78, 5) is 26.8. The number of allylic oxidation sites excluding steroid dienone is 1. The average Bonchev–Trinajstić information content (AvgIpc) is 3.20. The smallest absolute Gasteiger partial charge is 0.308 e. The quantitative estimate of drug-likeness (QED) is 0.0347. The highest BCUT2D eigenvalue weighted by Gasteiger charge is 2.19. The van der Waals surface area contributed by atoms with Crippen molar-refractivity contribution in [2.75, 3.05) is 39.5 Å². The molecule has 0 rings (SSSR count). The molecule has 2 unspecified atom stereocenters. The summed E-state index contributed by atoms with van der Waals surface area (Å²) in [5.74, 6) is 1.53. The minimum absolute atomic E-state index is 0.0574. The first kappa shape index (κ1) is 55.4. The number of nitrogens with zero attached hydrogens (tertiary/aromatic N) is 1. The Balaban J connectivity index is 4.55. The van der Waals surface area contributed by atoms with E-state index >= 15 is 0 Å². The molecule has 0 amide bonds. The second kappa shape index (κ2) is 44.0. The third-order valence-corrected chi connectivity index (χ3v) is 11.9. The zero-order chi connectivity index (χ0) is 41.9. The number of rotatable bonds is 46. The van der Waals surface area contributed by atoms with Crippen LogP contribution in [0.2, 0.25) is 0 Å². The van der Waals surface area contributed by atoms with Crippen molar-refractivity contribution in [3.63, 3.8) is 0 Å². The van der Waals surface area contributed by atoms with Gasteiger partial charge in [-0.25, -0.2) is 0 Å². The van der Waals surface area contributed by atoms with Gasteiger partial charge < -0.3 is 19.1 Å². The van der Waals surface area contributed by atoms with Crippen LogP contribution < -0.4 is 0 Å². The van der Waals surface area contributed by atoms with E-state index in [2.05, 4.69) is 39.2 Å². The second-order valence-electron chi connectivity index (χ2n) is 17.4. The second-order valence-corrected chi connectivity index (χ2v) is 17.4. The van der Waals surface area contributed by atoms with E-state index in [1.807, 2.05) is 0 Å². The van der Waals surface area contributed by atoms with Crippen LogP contribution in [0.5, 0.6) is 0 Å². The minimum Gasteiger partial charge on any atom is -0.498 e. The number of carbonyl (C=O) groups is 2. The van der Waals surface area contributed by atoms with Crippen LogP contribution in [0, 0.1) is 11.8 Å². The van der Waals surface area contributed by atoms with Gasteiger partial charge >= 0.3 is 11.9 Å². The molecular formula is C51H99NO5. The maximum atomic E-state index is 13.0. The number of unbranched alkanes of at least 4 members (excludes halogenated alkanes) is 23. The van der Waals surface area contributed by atoms with Gasteiger partial charge in [-0.2, -0.15) is 0 Å². The Morgan fingerprint density at radius 3 is 1.18 bits per heavy atom. The zero-order valence-corrected chi connectivity index (χ0v) is 39.1. The molecule has 6 heteroatoms. The number of esters is 2. The summed E-state index contributed by atoms with van der Waals surface area (Å²) in [6.07, 6.45) is 41.3. The Labute approximate surface area is 356 Å². The molecule has 0 spiro atoms. The van der Waals surface area contributed by atoms with E-state index in [-0.39, 0.29) is 17.9 Å². The fourth-order valence-electron chi connectivity index (χ4n) is 8.01. The lowest BCUT2D eigenvalue weighted by atomic mass is 9.93. The first-order valence-corrected chi connectivity index (χ1v) is 25.2. The SMILES string of the molecule is C=C(OCCCCCCN(CCCCCCOC(=O)C(CCCCCC)CCCCCCCC)CCCCOC(C)=O)C(CCCCCC)CCCCCCCC. The summed E-state index contributed by atoms with van der Waals surface area (Å²) in [6, 6.07) is 0. The van der Waals surface area contributed by atoms with Crippen LogP contribution in [-0.4, -0.2) is 56.3 Å². The largest absolute Gasteiger partial charge is 0.498 e. The normalized spacial score (nSPS) is 12.5. The number of hydrogen-bond donors (Lipinski definition) is 0. The number of ether oxygens (including phenoxy) is 3. The molecule has 0 aromatic heterocycles. The van der Waals surface area contributed by atoms with E-state index in [4.69, 9.17) is 14.2 Å². The minimum atomic E-state index is -0.189. The van der Waals surface area contributed by atoms with E-state index in [0.717, 1.165) is 89.8 Å². The van der Waals surface area contributed by atoms with Crippen LogP contribution in [0.4, 0.5) is 0 Å². The van der Waals surface area contributed by atoms with Crippen LogP contribution in [0.25, 0.3) is 0 Å². The first-order chi connectivity index (χ1) is 27.9. The highest BCUT2D eigenvalue weighted by molar-refractivity contribution is 5.72. The summed E-state index contributed by atoms with van der Waals surface area (Å²) in [6.45, 7) is 20.1. The number of hydrogen-bond acceptors (Lipinski definition) is 6. The molecular weight excluding hydrogens is 707 g/mol. The Hall–Kier alpha value is -1.56. The number of carbonyl (C=O) groups excluding carboxylic acids is 2. The van der Waals surface area contributed by atoms with Gasteiger partial charge in [-0.1, -0.05) is 188 Å². The Morgan fingerprint density at radius 1 is 0.404 bits per heavy atom. The maximum Gasteiger partial charge on any atom is 0.308 e. The van der Waals surface area contributed by atoms with Crippen LogP contribution in [0.3, 0.4) is 0 Å². The molecule has 0 N–H and O–H groups in total. The maximum absolute atomic E-state index is 13.0. The van der Waals surface area contributed by atoms with Gasteiger partial charge in [-0.15, -0.1) is 0 Å². The summed E-state index contributed by atoms with van der Waals surface area (Å²) in [5.41, 5.74) is 0. The van der Waals surface area contributed by atoms with Crippen molar-refractivity contribution in [1.29, 1.82) is 0 Å². The van der Waals surface area contributed by atoms with E-state index in [9.17, 15) is 9.59 Å². The third-order valence-electron chi connectivity index (χ3n) is 11.9. The Kier molecular flexibility index (Phi) is 42.8.